The summed E-state index contributed by atoms with van der Waals surface area (Å²) < 4.78 is 12.1. The molecule has 0 spiro atoms. The van der Waals surface area contributed by atoms with E-state index in [0.717, 1.165) is 27.4 Å². The zero-order valence-corrected chi connectivity index (χ0v) is 19.3. The van der Waals surface area contributed by atoms with Crippen LogP contribution in [-0.2, 0) is 17.8 Å². The first-order valence-corrected chi connectivity index (χ1v) is 11.3. The third-order valence-electron chi connectivity index (χ3n) is 4.38. The predicted octanol–water partition coefficient (Wildman–Crippen LogP) is 5.71. The van der Waals surface area contributed by atoms with E-state index in [1.54, 1.807) is 12.1 Å². The van der Waals surface area contributed by atoms with Gasteiger partial charge in [0, 0.05) is 11.1 Å². The summed E-state index contributed by atoms with van der Waals surface area (Å²) in [6, 6.07) is 10.9. The first kappa shape index (κ1) is 22.0. The second kappa shape index (κ2) is 9.87. The average Bonchev–Trinajstić information content (AvgIpc) is 2.94. The van der Waals surface area contributed by atoms with Crippen LogP contribution in [0.2, 0.25) is 5.02 Å². The van der Waals surface area contributed by atoms with Crippen molar-refractivity contribution in [1.82, 2.24) is 4.90 Å². The van der Waals surface area contributed by atoms with Crippen molar-refractivity contribution in [3.05, 3.63) is 57.0 Å². The van der Waals surface area contributed by atoms with Crippen molar-refractivity contribution in [3.63, 3.8) is 0 Å². The molecule has 154 valence electrons. The zero-order chi connectivity index (χ0) is 21.0. The monoisotopic (exact) mass is 497 g/mol. The van der Waals surface area contributed by atoms with Gasteiger partial charge in [-0.1, -0.05) is 35.5 Å². The molecule has 3 rings (SSSR count). The normalized spacial score (nSPS) is 16.4. The van der Waals surface area contributed by atoms with Crippen LogP contribution in [0.25, 0.3) is 0 Å². The summed E-state index contributed by atoms with van der Waals surface area (Å²) in [5.74, 6) is 1.16. The lowest BCUT2D eigenvalue weighted by atomic mass is 10.1. The van der Waals surface area contributed by atoms with E-state index in [1.165, 1.54) is 4.90 Å². The van der Waals surface area contributed by atoms with Crippen LogP contribution in [0.3, 0.4) is 0 Å². The number of imide groups is 1. The Morgan fingerprint density at radius 3 is 2.38 bits per heavy atom. The molecule has 2 aromatic rings. The van der Waals surface area contributed by atoms with E-state index in [2.05, 4.69) is 15.9 Å². The fourth-order valence-corrected chi connectivity index (χ4v) is 4.68. The van der Waals surface area contributed by atoms with Crippen LogP contribution in [-0.4, -0.2) is 34.5 Å². The highest BCUT2D eigenvalue weighted by Crippen LogP contribution is 2.37. The number of hydrogen-bond donors (Lipinski definition) is 0. The molecule has 2 aromatic carbocycles. The van der Waals surface area contributed by atoms with Crippen molar-refractivity contribution in [2.24, 2.45) is 0 Å². The van der Waals surface area contributed by atoms with Gasteiger partial charge in [-0.3, -0.25) is 14.5 Å². The van der Waals surface area contributed by atoms with Gasteiger partial charge >= 0.3 is 0 Å². The fraction of sp³-hybridized carbons (Fsp3) is 0.333. The number of amides is 2. The Labute approximate surface area is 187 Å². The van der Waals surface area contributed by atoms with Gasteiger partial charge in [0.1, 0.15) is 11.5 Å². The molecule has 0 bridgehead atoms. The number of thioether (sulfide) groups is 1. The molecule has 1 atom stereocenters. The van der Waals surface area contributed by atoms with Crippen LogP contribution in [0, 0.1) is 0 Å². The first-order chi connectivity index (χ1) is 13.9. The van der Waals surface area contributed by atoms with Gasteiger partial charge in [-0.05, 0) is 65.5 Å². The van der Waals surface area contributed by atoms with Gasteiger partial charge in [-0.2, -0.15) is 0 Å². The molecular weight excluding hydrogens is 478 g/mol. The van der Waals surface area contributed by atoms with Crippen molar-refractivity contribution >= 4 is 50.4 Å². The molecule has 0 radical (unpaired) electrons. The number of ether oxygens (including phenoxy) is 2. The molecule has 1 saturated heterocycles. The molecule has 1 aliphatic rings. The molecular formula is C21H21BrClNO4S. The number of rotatable bonds is 8. The largest absolute Gasteiger partial charge is 0.493 e. The number of nitrogens with zero attached hydrogens (tertiary/aromatic N) is 1. The summed E-state index contributed by atoms with van der Waals surface area (Å²) in [6.07, 6.45) is 0.396. The molecule has 1 fully saturated rings. The van der Waals surface area contributed by atoms with E-state index in [-0.39, 0.29) is 17.7 Å². The van der Waals surface area contributed by atoms with Crippen molar-refractivity contribution < 1.29 is 19.1 Å². The van der Waals surface area contributed by atoms with Crippen molar-refractivity contribution in [3.8, 4) is 11.5 Å². The molecule has 0 unspecified atom stereocenters. The zero-order valence-electron chi connectivity index (χ0n) is 16.1. The highest BCUT2D eigenvalue weighted by Gasteiger charge is 2.40. The van der Waals surface area contributed by atoms with Crippen molar-refractivity contribution in [2.75, 3.05) is 13.2 Å². The van der Waals surface area contributed by atoms with E-state index in [9.17, 15) is 9.59 Å². The standard InChI is InChI=1S/C21H21BrClNO4S/c1-3-27-17-11-18(28-4-2)16(22)9-14(17)10-19-20(25)24(21(26)29-19)12-13-5-7-15(23)8-6-13/h5-9,11,19H,3-4,10,12H2,1-2H3/t19-/m0/s1. The maximum Gasteiger partial charge on any atom is 0.289 e. The van der Waals surface area contributed by atoms with E-state index in [0.29, 0.717) is 36.2 Å². The first-order valence-electron chi connectivity index (χ1n) is 9.27. The van der Waals surface area contributed by atoms with E-state index >= 15 is 0 Å². The summed E-state index contributed by atoms with van der Waals surface area (Å²) in [5.41, 5.74) is 1.71. The van der Waals surface area contributed by atoms with Crippen LogP contribution in [0.1, 0.15) is 25.0 Å². The molecule has 0 saturated carbocycles. The number of hydrogen-bond acceptors (Lipinski definition) is 5. The predicted molar refractivity (Wildman–Crippen MR) is 119 cm³/mol. The van der Waals surface area contributed by atoms with Crippen molar-refractivity contribution in [1.29, 1.82) is 0 Å². The smallest absolute Gasteiger partial charge is 0.289 e. The lowest BCUT2D eigenvalue weighted by molar-refractivity contribution is -0.127. The number of carbonyl (C=O) groups excluding carboxylic acids is 2. The second-order valence-corrected chi connectivity index (χ2v) is 8.83. The third-order valence-corrected chi connectivity index (χ3v) is 6.33. The van der Waals surface area contributed by atoms with Gasteiger partial charge in [0.05, 0.1) is 29.5 Å². The quantitative estimate of drug-likeness (QED) is 0.467. The number of halogens is 2. The van der Waals surface area contributed by atoms with Gasteiger partial charge in [-0.15, -0.1) is 0 Å². The molecule has 1 heterocycles. The van der Waals surface area contributed by atoms with Crippen LogP contribution in [0.15, 0.2) is 40.9 Å². The Balaban J connectivity index is 1.78. The lowest BCUT2D eigenvalue weighted by Gasteiger charge is -2.17. The third kappa shape index (κ3) is 5.27. The van der Waals surface area contributed by atoms with Gasteiger partial charge in [-0.25, -0.2) is 0 Å². The van der Waals surface area contributed by atoms with Gasteiger partial charge < -0.3 is 9.47 Å². The van der Waals surface area contributed by atoms with Gasteiger partial charge in [0.15, 0.2) is 0 Å². The Morgan fingerprint density at radius 2 is 1.72 bits per heavy atom. The highest BCUT2D eigenvalue weighted by atomic mass is 79.9. The second-order valence-electron chi connectivity index (χ2n) is 6.38. The topological polar surface area (TPSA) is 55.8 Å². The Kier molecular flexibility index (Phi) is 7.49. The maximum atomic E-state index is 12.9. The summed E-state index contributed by atoms with van der Waals surface area (Å²) in [4.78, 5) is 26.6. The maximum absolute atomic E-state index is 12.9. The number of carbonyl (C=O) groups is 2. The minimum atomic E-state index is -0.487. The van der Waals surface area contributed by atoms with Crippen molar-refractivity contribution in [2.45, 2.75) is 32.1 Å². The molecule has 0 aliphatic carbocycles. The highest BCUT2D eigenvalue weighted by molar-refractivity contribution is 9.10. The minimum Gasteiger partial charge on any atom is -0.493 e. The fourth-order valence-electron chi connectivity index (χ4n) is 3.03. The average molecular weight is 499 g/mol. The molecule has 2 amide bonds. The van der Waals surface area contributed by atoms with Gasteiger partial charge in [0.25, 0.3) is 5.24 Å². The van der Waals surface area contributed by atoms with E-state index in [1.807, 2.05) is 38.1 Å². The van der Waals surface area contributed by atoms with E-state index < -0.39 is 5.25 Å². The molecule has 0 aromatic heterocycles. The number of benzene rings is 2. The Morgan fingerprint density at radius 1 is 1.07 bits per heavy atom. The summed E-state index contributed by atoms with van der Waals surface area (Å²) >= 11 is 10.5. The van der Waals surface area contributed by atoms with Crippen LogP contribution >= 0.6 is 39.3 Å². The van der Waals surface area contributed by atoms with Crippen LogP contribution in [0.4, 0.5) is 4.79 Å². The molecule has 1 aliphatic heterocycles. The summed E-state index contributed by atoms with van der Waals surface area (Å²) in [7, 11) is 0. The summed E-state index contributed by atoms with van der Waals surface area (Å²) in [5, 5.41) is -0.110. The van der Waals surface area contributed by atoms with E-state index in [4.69, 9.17) is 21.1 Å². The van der Waals surface area contributed by atoms with Crippen LogP contribution in [0.5, 0.6) is 11.5 Å². The Bertz CT molecular complexity index is 906. The molecule has 5 nitrogen and oxygen atoms in total. The molecule has 8 heteroatoms. The molecule has 0 N–H and O–H groups in total. The minimum absolute atomic E-state index is 0.192. The Hall–Kier alpha value is -1.70. The summed E-state index contributed by atoms with van der Waals surface area (Å²) in [6.45, 7) is 5.08. The lowest BCUT2D eigenvalue weighted by Crippen LogP contribution is -2.31. The van der Waals surface area contributed by atoms with Gasteiger partial charge in [0.2, 0.25) is 5.91 Å². The SMILES string of the molecule is CCOc1cc(OCC)c(C[C@@H]2SC(=O)N(Cc3ccc(Cl)cc3)C2=O)cc1Br. The van der Waals surface area contributed by atoms with Crippen LogP contribution < -0.4 is 9.47 Å². The molecule has 29 heavy (non-hydrogen) atoms.